The van der Waals surface area contributed by atoms with Crippen LogP contribution in [0, 0.1) is 35.5 Å². The fraction of sp³-hybridized carbons (Fsp3) is 0.500. The van der Waals surface area contributed by atoms with Gasteiger partial charge < -0.3 is 9.47 Å². The second kappa shape index (κ2) is 4.98. The average Bonchev–Trinajstić information content (AvgIpc) is 3.07. The fourth-order valence-corrected chi connectivity index (χ4v) is 4.12. The molecule has 0 unspecified atom stereocenters. The van der Waals surface area contributed by atoms with Crippen LogP contribution in [-0.2, 0) is 14.3 Å². The molecule has 21 heavy (non-hydrogen) atoms. The van der Waals surface area contributed by atoms with Crippen LogP contribution in [0.2, 0.25) is 0 Å². The van der Waals surface area contributed by atoms with Crippen LogP contribution in [0.4, 0.5) is 0 Å². The quantitative estimate of drug-likeness (QED) is 0.444. The molecule has 3 aliphatic carbocycles. The Kier molecular flexibility index (Phi) is 3.39. The van der Waals surface area contributed by atoms with Crippen molar-refractivity contribution in [1.82, 2.24) is 0 Å². The zero-order chi connectivity index (χ0) is 15.2. The van der Waals surface area contributed by atoms with E-state index in [1.807, 2.05) is 6.92 Å². The highest BCUT2D eigenvalue weighted by Crippen LogP contribution is 2.57. The number of hydrogen-bond donors (Lipinski definition) is 0. The molecule has 3 nitrogen and oxygen atoms in total. The summed E-state index contributed by atoms with van der Waals surface area (Å²) in [6.45, 7) is 5.62. The smallest absolute Gasteiger partial charge is 0.206 e. The highest BCUT2D eigenvalue weighted by Gasteiger charge is 2.61. The van der Waals surface area contributed by atoms with Gasteiger partial charge in [0.25, 0.3) is 0 Å². The van der Waals surface area contributed by atoms with Crippen LogP contribution in [0.1, 0.15) is 13.3 Å². The SMILES string of the molecule is C=C(C)C#CC1=CC(=O)[C@@H]2[C@@H]([C@@H]3C=C[C@H]2C3)C1(OC)OC. The van der Waals surface area contributed by atoms with Gasteiger partial charge in [-0.05, 0) is 36.8 Å². The van der Waals surface area contributed by atoms with Gasteiger partial charge in [-0.2, -0.15) is 0 Å². The molecule has 3 heteroatoms. The number of allylic oxidation sites excluding steroid dienone is 4. The Morgan fingerprint density at radius 1 is 1.33 bits per heavy atom. The van der Waals surface area contributed by atoms with Crippen molar-refractivity contribution in [3.63, 3.8) is 0 Å². The minimum atomic E-state index is -0.925. The monoisotopic (exact) mass is 284 g/mol. The summed E-state index contributed by atoms with van der Waals surface area (Å²) in [6.07, 6.45) is 6.97. The zero-order valence-corrected chi connectivity index (χ0v) is 12.7. The van der Waals surface area contributed by atoms with Crippen molar-refractivity contribution >= 4 is 5.78 Å². The van der Waals surface area contributed by atoms with E-state index < -0.39 is 5.79 Å². The van der Waals surface area contributed by atoms with Crippen molar-refractivity contribution in [2.24, 2.45) is 23.7 Å². The molecule has 0 spiro atoms. The van der Waals surface area contributed by atoms with Crippen molar-refractivity contribution in [3.8, 4) is 11.8 Å². The number of carbonyl (C=O) groups is 1. The van der Waals surface area contributed by atoms with Crippen LogP contribution in [0.5, 0.6) is 0 Å². The van der Waals surface area contributed by atoms with E-state index in [4.69, 9.17) is 9.47 Å². The third-order valence-electron chi connectivity index (χ3n) is 4.91. The Hall–Kier alpha value is -1.63. The van der Waals surface area contributed by atoms with Crippen molar-refractivity contribution in [1.29, 1.82) is 0 Å². The van der Waals surface area contributed by atoms with E-state index in [2.05, 4.69) is 30.6 Å². The standard InChI is InChI=1S/C18H20O3/c1-11(2)5-8-14-10-15(19)16-12-6-7-13(9-12)17(16)18(14,20-3)21-4/h6-7,10,12-13,16-17H,1,9H2,2-4H3/t12-,13+,16+,17+/m0/s1. The number of methoxy groups -OCH3 is 2. The number of ketones is 1. The molecule has 0 heterocycles. The number of fused-ring (bicyclic) bond motifs is 5. The van der Waals surface area contributed by atoms with E-state index in [0.717, 1.165) is 12.0 Å². The van der Waals surface area contributed by atoms with Crippen LogP contribution in [0.25, 0.3) is 0 Å². The van der Waals surface area contributed by atoms with Crippen LogP contribution in [0.15, 0.2) is 36.0 Å². The molecule has 3 rings (SSSR count). The van der Waals surface area contributed by atoms with Gasteiger partial charge in [0, 0.05) is 26.1 Å². The lowest BCUT2D eigenvalue weighted by Crippen LogP contribution is -2.53. The van der Waals surface area contributed by atoms with Crippen molar-refractivity contribution in [3.05, 3.63) is 36.0 Å². The van der Waals surface area contributed by atoms with Gasteiger partial charge in [-0.3, -0.25) is 4.79 Å². The number of rotatable bonds is 2. The summed E-state index contributed by atoms with van der Waals surface area (Å²) in [5, 5.41) is 0. The Labute approximate surface area is 125 Å². The first-order chi connectivity index (χ1) is 10.0. The Morgan fingerprint density at radius 2 is 2.00 bits per heavy atom. The van der Waals surface area contributed by atoms with Crippen molar-refractivity contribution in [2.45, 2.75) is 19.1 Å². The molecule has 110 valence electrons. The van der Waals surface area contributed by atoms with Gasteiger partial charge in [0.2, 0.25) is 5.79 Å². The summed E-state index contributed by atoms with van der Waals surface area (Å²) in [4.78, 5) is 12.5. The predicted octanol–water partition coefficient (Wildman–Crippen LogP) is 2.50. The summed E-state index contributed by atoms with van der Waals surface area (Å²) >= 11 is 0. The molecular formula is C18H20O3. The Bertz CT molecular complexity index is 610. The minimum absolute atomic E-state index is 0.00872. The summed E-state index contributed by atoms with van der Waals surface area (Å²) in [6, 6.07) is 0. The van der Waals surface area contributed by atoms with E-state index in [-0.39, 0.29) is 17.6 Å². The van der Waals surface area contributed by atoms with Crippen LogP contribution < -0.4 is 0 Å². The lowest BCUT2D eigenvalue weighted by molar-refractivity contribution is -0.225. The lowest BCUT2D eigenvalue weighted by Gasteiger charge is -2.44. The third kappa shape index (κ3) is 1.94. The topological polar surface area (TPSA) is 35.5 Å². The summed E-state index contributed by atoms with van der Waals surface area (Å²) in [5.74, 6) is 5.78. The predicted molar refractivity (Wildman–Crippen MR) is 80.1 cm³/mol. The fourth-order valence-electron chi connectivity index (χ4n) is 4.12. The van der Waals surface area contributed by atoms with Gasteiger partial charge >= 0.3 is 0 Å². The summed E-state index contributed by atoms with van der Waals surface area (Å²) in [5.41, 5.74) is 1.36. The first-order valence-corrected chi connectivity index (χ1v) is 7.25. The van der Waals surface area contributed by atoms with Crippen molar-refractivity contribution in [2.75, 3.05) is 14.2 Å². The summed E-state index contributed by atoms with van der Waals surface area (Å²) < 4.78 is 11.6. The van der Waals surface area contributed by atoms with Crippen LogP contribution in [0.3, 0.4) is 0 Å². The van der Waals surface area contributed by atoms with Gasteiger partial charge in [0.05, 0.1) is 5.57 Å². The van der Waals surface area contributed by atoms with Gasteiger partial charge in [0.1, 0.15) is 0 Å². The van der Waals surface area contributed by atoms with Gasteiger partial charge in [0.15, 0.2) is 5.78 Å². The average molecular weight is 284 g/mol. The molecule has 0 saturated heterocycles. The molecule has 3 aliphatic rings. The maximum atomic E-state index is 12.5. The maximum Gasteiger partial charge on any atom is 0.206 e. The largest absolute Gasteiger partial charge is 0.348 e. The van der Waals surface area contributed by atoms with E-state index in [1.165, 1.54) is 0 Å². The molecule has 1 fully saturated rings. The first-order valence-electron chi connectivity index (χ1n) is 7.25. The van der Waals surface area contributed by atoms with Crippen molar-refractivity contribution < 1.29 is 14.3 Å². The van der Waals surface area contributed by atoms with E-state index in [9.17, 15) is 4.79 Å². The molecule has 0 amide bonds. The second-order valence-corrected chi connectivity index (χ2v) is 6.07. The number of carbonyl (C=O) groups excluding carboxylic acids is 1. The van der Waals surface area contributed by atoms with E-state index in [0.29, 0.717) is 17.4 Å². The van der Waals surface area contributed by atoms with E-state index in [1.54, 1.807) is 20.3 Å². The molecular weight excluding hydrogens is 264 g/mol. The number of ether oxygens (including phenoxy) is 2. The first kappa shape index (κ1) is 14.3. The van der Waals surface area contributed by atoms with Crippen LogP contribution >= 0.6 is 0 Å². The van der Waals surface area contributed by atoms with Gasteiger partial charge in [-0.1, -0.05) is 30.6 Å². The molecule has 2 bridgehead atoms. The molecule has 4 atom stereocenters. The summed E-state index contributed by atoms with van der Waals surface area (Å²) in [7, 11) is 3.25. The highest BCUT2D eigenvalue weighted by molar-refractivity contribution is 5.96. The Balaban J connectivity index is 2.11. The minimum Gasteiger partial charge on any atom is -0.348 e. The Morgan fingerprint density at radius 3 is 2.62 bits per heavy atom. The van der Waals surface area contributed by atoms with Crippen LogP contribution in [-0.4, -0.2) is 25.8 Å². The molecule has 0 aromatic carbocycles. The van der Waals surface area contributed by atoms with Gasteiger partial charge in [-0.25, -0.2) is 0 Å². The van der Waals surface area contributed by atoms with E-state index >= 15 is 0 Å². The number of hydrogen-bond acceptors (Lipinski definition) is 3. The third-order valence-corrected chi connectivity index (χ3v) is 4.91. The molecule has 0 aromatic heterocycles. The second-order valence-electron chi connectivity index (χ2n) is 6.07. The molecule has 0 N–H and O–H groups in total. The maximum absolute atomic E-state index is 12.5. The zero-order valence-electron chi connectivity index (χ0n) is 12.7. The molecule has 0 aliphatic heterocycles. The molecule has 0 aromatic rings. The molecule has 1 saturated carbocycles. The van der Waals surface area contributed by atoms with Gasteiger partial charge in [-0.15, -0.1) is 0 Å². The molecule has 0 radical (unpaired) electrons. The lowest BCUT2D eigenvalue weighted by atomic mass is 9.69. The highest BCUT2D eigenvalue weighted by atomic mass is 16.7. The normalized spacial score (nSPS) is 35.0.